The molecule has 104 heavy (non-hydrogen) atoms. The average Bonchev–Trinajstić information content (AvgIpc) is 1.53. The summed E-state index contributed by atoms with van der Waals surface area (Å²) in [5.41, 5.74) is 11.9. The van der Waals surface area contributed by atoms with Crippen molar-refractivity contribution >= 4 is 46.3 Å². The van der Waals surface area contributed by atoms with Gasteiger partial charge in [0, 0.05) is 34.1 Å². The smallest absolute Gasteiger partial charge is 0.194 e. The maximum Gasteiger partial charge on any atom is 0.194 e. The lowest BCUT2D eigenvalue weighted by atomic mass is 9.67. The lowest BCUT2D eigenvalue weighted by Gasteiger charge is -2.35. The fraction of sp³-hybridized carbons (Fsp3) is 0.0435. The third-order valence-corrected chi connectivity index (χ3v) is 20.1. The second-order valence-corrected chi connectivity index (χ2v) is 26.0. The molecule has 14 aromatic rings. The van der Waals surface area contributed by atoms with Gasteiger partial charge >= 0.3 is 0 Å². The quantitative estimate of drug-likeness (QED) is 0.0670. The van der Waals surface area contributed by atoms with Gasteiger partial charge in [-0.1, -0.05) is 171 Å². The molecule has 1 unspecified atom stereocenters. The summed E-state index contributed by atoms with van der Waals surface area (Å²) in [5, 5.41) is 0. The van der Waals surface area contributed by atoms with E-state index < -0.39 is 57.4 Å². The van der Waals surface area contributed by atoms with E-state index in [1.807, 2.05) is 228 Å². The van der Waals surface area contributed by atoms with Crippen LogP contribution in [0.5, 0.6) is 23.0 Å². The first-order chi connectivity index (χ1) is 50.5. The number of aryl methyl sites for hydroxylation is 2. The zero-order chi connectivity index (χ0) is 71.7. The molecule has 2 aliphatic rings. The molecule has 0 heterocycles. The van der Waals surface area contributed by atoms with E-state index in [0.717, 1.165) is 68.8 Å². The molecule has 4 nitrogen and oxygen atoms in total. The molecule has 0 amide bonds. The minimum absolute atomic E-state index is 0.136. The van der Waals surface area contributed by atoms with Crippen molar-refractivity contribution in [1.29, 1.82) is 0 Å². The molecule has 14 aromatic carbocycles. The Kier molecular flexibility index (Phi) is 16.6. The van der Waals surface area contributed by atoms with Gasteiger partial charge < -0.3 is 19.3 Å². The van der Waals surface area contributed by atoms with Crippen LogP contribution in [0.4, 0.5) is 69.2 Å². The van der Waals surface area contributed by atoms with Crippen LogP contribution in [-0.2, 0) is 10.8 Å². The third kappa shape index (κ3) is 11.2. The Labute approximate surface area is 596 Å². The van der Waals surface area contributed by atoms with Crippen molar-refractivity contribution in [2.24, 2.45) is 0 Å². The number of rotatable bonds is 17. The van der Waals surface area contributed by atoms with Gasteiger partial charge in [0.25, 0.3) is 0 Å². The summed E-state index contributed by atoms with van der Waals surface area (Å²) in [5.74, 6) is -7.38. The van der Waals surface area contributed by atoms with Crippen LogP contribution in [0.25, 0.3) is 45.5 Å². The Morgan fingerprint density at radius 3 is 0.913 bits per heavy atom. The van der Waals surface area contributed by atoms with Crippen LogP contribution >= 0.6 is 0 Å². The van der Waals surface area contributed by atoms with Crippen LogP contribution in [0.1, 0.15) is 66.8 Å². The highest BCUT2D eigenvalue weighted by Gasteiger charge is 2.49. The van der Waals surface area contributed by atoms with E-state index in [9.17, 15) is 0 Å². The molecule has 2 aliphatic carbocycles. The molecular formula is C92H60F8N2O2. The third-order valence-electron chi connectivity index (χ3n) is 20.1. The van der Waals surface area contributed by atoms with E-state index >= 15 is 35.1 Å². The summed E-state index contributed by atoms with van der Waals surface area (Å²) in [6.45, 7) is 11.0. The summed E-state index contributed by atoms with van der Waals surface area (Å²) in [6, 6.07) is 85.7. The lowest BCUT2D eigenvalue weighted by molar-refractivity contribution is 0.443. The Morgan fingerprint density at radius 2 is 0.577 bits per heavy atom. The van der Waals surface area contributed by atoms with Gasteiger partial charge in [-0.15, -0.1) is 0 Å². The second-order valence-electron chi connectivity index (χ2n) is 26.0. The first-order valence-electron chi connectivity index (χ1n) is 33.7. The van der Waals surface area contributed by atoms with Gasteiger partial charge in [-0.25, -0.2) is 35.1 Å². The lowest BCUT2D eigenvalue weighted by Crippen LogP contribution is -2.29. The first kappa shape index (κ1) is 65.8. The van der Waals surface area contributed by atoms with Crippen molar-refractivity contribution in [3.05, 3.63) is 418 Å². The highest BCUT2D eigenvalue weighted by Crippen LogP contribution is 2.60. The van der Waals surface area contributed by atoms with Gasteiger partial charge in [0.1, 0.15) is 34.6 Å². The van der Waals surface area contributed by atoms with E-state index in [-0.39, 0.29) is 11.1 Å². The van der Waals surface area contributed by atoms with E-state index in [1.54, 1.807) is 62.4 Å². The van der Waals surface area contributed by atoms with Crippen LogP contribution in [-0.4, -0.2) is 0 Å². The fourth-order valence-corrected chi connectivity index (χ4v) is 15.0. The standard InChI is InChI=1S/C92H60F8N2O2/c1-5-57-17-37-71(38-18-57)103-73-41-25-61(26-42-73)91(63-47-85(95)89(99)86(96)48-63)79-13-9-7-11-75(79)77-45-35-67(51-81(77)91)101(69-29-15-55(3)83(93)53-69)65-31-21-59(22-32-65)60-23-33-66(34-24-60)102(70-30-16-56(4)84(94)54-70)68-36-46-78-76-12-8-10-14-80(76)92(82(78)52-68,64-49-87(97)90(100)88(98)50-64)62-27-43-74(44-28-62)104-72-39-19-58(6-2)20-40-72/h5-54H,1-2H2,3-4H3/t91-,92?/m1/s1. The van der Waals surface area contributed by atoms with Crippen molar-refractivity contribution in [2.45, 2.75) is 24.7 Å². The number of hydrogen-bond donors (Lipinski definition) is 0. The van der Waals surface area contributed by atoms with Crippen LogP contribution in [0, 0.1) is 60.4 Å². The summed E-state index contributed by atoms with van der Waals surface area (Å²) in [6.07, 6.45) is 3.47. The first-order valence-corrected chi connectivity index (χ1v) is 33.7. The van der Waals surface area contributed by atoms with Crippen molar-refractivity contribution in [1.82, 2.24) is 0 Å². The maximum absolute atomic E-state index is 16.1. The minimum atomic E-state index is -1.60. The normalized spacial score (nSPS) is 14.6. The zero-order valence-electron chi connectivity index (χ0n) is 56.0. The summed E-state index contributed by atoms with van der Waals surface area (Å²) < 4.78 is 139. The highest BCUT2D eigenvalue weighted by molar-refractivity contribution is 5.92. The highest BCUT2D eigenvalue weighted by atomic mass is 19.2. The molecule has 0 bridgehead atoms. The molecule has 0 aromatic heterocycles. The number of ether oxygens (including phenoxy) is 2. The fourth-order valence-electron chi connectivity index (χ4n) is 15.0. The number of fused-ring (bicyclic) bond motifs is 6. The molecule has 0 saturated heterocycles. The molecule has 0 saturated carbocycles. The molecule has 0 radical (unpaired) electrons. The van der Waals surface area contributed by atoms with Gasteiger partial charge in [0.15, 0.2) is 34.9 Å². The van der Waals surface area contributed by atoms with Crippen LogP contribution in [0.2, 0.25) is 0 Å². The Hall–Kier alpha value is -12.8. The van der Waals surface area contributed by atoms with Crippen LogP contribution in [0.15, 0.2) is 304 Å². The molecule has 2 atom stereocenters. The molecule has 12 heteroatoms. The maximum atomic E-state index is 16.1. The molecule has 0 N–H and O–H groups in total. The second kappa shape index (κ2) is 26.3. The SMILES string of the molecule is C=Cc1ccc(Oc2ccc(C3(c4cc(F)c(F)c(F)c4)c4ccccc4-c4ccc(N(c5ccc(-c6ccc(N(c7ccc(C)c(F)c7)c7ccc8c(c7)[C@](c7ccc(Oc9ccc(C=C)cc9)cc7)(c7cc(F)c(F)c(F)c7)c7ccccc7-8)cc6)cc5)c5ccc(C)c(F)c5)cc43)cc2)cc1. The van der Waals surface area contributed by atoms with Gasteiger partial charge in [-0.05, 0) is 260 Å². The van der Waals surface area contributed by atoms with Gasteiger partial charge in [0.2, 0.25) is 0 Å². The van der Waals surface area contributed by atoms with Crippen molar-refractivity contribution in [3.63, 3.8) is 0 Å². The van der Waals surface area contributed by atoms with E-state index in [4.69, 9.17) is 9.47 Å². The topological polar surface area (TPSA) is 24.9 Å². The largest absolute Gasteiger partial charge is 0.457 e. The predicted molar refractivity (Wildman–Crippen MR) is 398 cm³/mol. The predicted octanol–water partition coefficient (Wildman–Crippen LogP) is 25.6. The Morgan fingerprint density at radius 1 is 0.279 bits per heavy atom. The van der Waals surface area contributed by atoms with Crippen molar-refractivity contribution in [2.75, 3.05) is 9.80 Å². The van der Waals surface area contributed by atoms with E-state index in [2.05, 4.69) is 13.2 Å². The van der Waals surface area contributed by atoms with E-state index in [1.165, 1.54) is 12.1 Å². The summed E-state index contributed by atoms with van der Waals surface area (Å²) >= 11 is 0. The number of anilines is 6. The van der Waals surface area contributed by atoms with Crippen molar-refractivity contribution in [3.8, 4) is 56.4 Å². The van der Waals surface area contributed by atoms with Gasteiger partial charge in [-0.2, -0.15) is 0 Å². The average molecular weight is 1380 g/mol. The van der Waals surface area contributed by atoms with Crippen LogP contribution in [0.3, 0.4) is 0 Å². The number of nitrogens with zero attached hydrogens (tertiary/aromatic N) is 2. The molecule has 0 fully saturated rings. The Bertz CT molecular complexity index is 5330. The minimum Gasteiger partial charge on any atom is -0.457 e. The van der Waals surface area contributed by atoms with E-state index in [0.29, 0.717) is 102 Å². The Balaban J connectivity index is 0.788. The summed E-state index contributed by atoms with van der Waals surface area (Å²) in [7, 11) is 0. The number of hydrogen-bond acceptors (Lipinski definition) is 4. The zero-order valence-corrected chi connectivity index (χ0v) is 56.0. The monoisotopic (exact) mass is 1380 g/mol. The molecule has 0 aliphatic heterocycles. The molecule has 16 rings (SSSR count). The summed E-state index contributed by atoms with van der Waals surface area (Å²) in [4.78, 5) is 3.81. The van der Waals surface area contributed by atoms with Gasteiger partial charge in [0.05, 0.1) is 10.8 Å². The number of halogens is 8. The van der Waals surface area contributed by atoms with Crippen molar-refractivity contribution < 1.29 is 44.6 Å². The van der Waals surface area contributed by atoms with Gasteiger partial charge in [-0.3, -0.25) is 0 Å². The molecule has 506 valence electrons. The molecular weight excluding hydrogens is 1320 g/mol. The molecule has 0 spiro atoms. The van der Waals surface area contributed by atoms with Crippen LogP contribution < -0.4 is 19.3 Å². The number of benzene rings is 14.